The number of aromatic nitrogens is 1. The molecule has 0 amide bonds. The number of fused-ring (bicyclic) bond motifs is 1. The zero-order valence-electron chi connectivity index (χ0n) is 24.0. The molecule has 2 heterocycles. The number of nitrogens with one attached hydrogen (secondary N) is 2. The molecule has 1 aliphatic rings. The summed E-state index contributed by atoms with van der Waals surface area (Å²) < 4.78 is 32.6. The van der Waals surface area contributed by atoms with Crippen molar-refractivity contribution in [2.75, 3.05) is 38.7 Å². The second-order valence-electron chi connectivity index (χ2n) is 9.97. The molecule has 0 atom stereocenters. The highest BCUT2D eigenvalue weighted by Gasteiger charge is 2.15. The molecule has 228 valence electrons. The Morgan fingerprint density at radius 2 is 1.93 bits per heavy atom. The van der Waals surface area contributed by atoms with Gasteiger partial charge in [0, 0.05) is 42.0 Å². The van der Waals surface area contributed by atoms with Crippen LogP contribution in [0, 0.1) is 15.9 Å². The number of hydrogen-bond acceptors (Lipinski definition) is 9. The Balaban J connectivity index is 1.22. The molecule has 1 aromatic heterocycles. The number of nitro benzene ring substituents is 1. The second-order valence-corrected chi connectivity index (χ2v) is 10.4. The number of benzene rings is 3. The van der Waals surface area contributed by atoms with Crippen LogP contribution in [0.15, 0.2) is 72.0 Å². The molecule has 1 aliphatic heterocycles. The van der Waals surface area contributed by atoms with Crippen molar-refractivity contribution < 1.29 is 23.5 Å². The third kappa shape index (κ3) is 7.74. The number of ether oxygens (including phenoxy) is 3. The zero-order chi connectivity index (χ0) is 30.9. The molecule has 0 bridgehead atoms. The fourth-order valence-electron chi connectivity index (χ4n) is 4.83. The van der Waals surface area contributed by atoms with Crippen LogP contribution in [-0.2, 0) is 0 Å². The lowest BCUT2D eigenvalue weighted by atomic mass is 10.1. The van der Waals surface area contributed by atoms with Crippen LogP contribution in [0.4, 0.5) is 15.8 Å². The van der Waals surface area contributed by atoms with Crippen LogP contribution >= 0.6 is 12.2 Å². The van der Waals surface area contributed by atoms with Crippen LogP contribution in [0.3, 0.4) is 0 Å². The van der Waals surface area contributed by atoms with Gasteiger partial charge in [0.1, 0.15) is 5.75 Å². The SMILES string of the molecule is COc1cc2c(Oc3ccc(NC(=S)N/N=C/c4ccccc4[N+](=O)[O-])cc3F)ccnc2cc1OCCCN1CCCC1. The lowest BCUT2D eigenvalue weighted by molar-refractivity contribution is -0.385. The number of hydrazone groups is 1. The minimum Gasteiger partial charge on any atom is -0.493 e. The molecule has 1 saturated heterocycles. The topological polar surface area (TPSA) is 123 Å². The number of nitrogens with zero attached hydrogens (tertiary/aromatic N) is 4. The van der Waals surface area contributed by atoms with Gasteiger partial charge in [-0.25, -0.2) is 4.39 Å². The van der Waals surface area contributed by atoms with Crippen LogP contribution in [0.25, 0.3) is 10.9 Å². The van der Waals surface area contributed by atoms with Crippen molar-refractivity contribution in [1.82, 2.24) is 15.3 Å². The lowest BCUT2D eigenvalue weighted by Gasteiger charge is -2.16. The van der Waals surface area contributed by atoms with Gasteiger partial charge in [0.2, 0.25) is 0 Å². The molecule has 13 heteroatoms. The number of rotatable bonds is 12. The Hall–Kier alpha value is -4.88. The molecule has 11 nitrogen and oxygen atoms in total. The fourth-order valence-corrected chi connectivity index (χ4v) is 5.00. The van der Waals surface area contributed by atoms with Gasteiger partial charge in [-0.05, 0) is 74.9 Å². The zero-order valence-corrected chi connectivity index (χ0v) is 24.8. The normalized spacial score (nSPS) is 13.2. The van der Waals surface area contributed by atoms with Gasteiger partial charge in [-0.2, -0.15) is 5.10 Å². The van der Waals surface area contributed by atoms with Crippen LogP contribution in [0.1, 0.15) is 24.8 Å². The van der Waals surface area contributed by atoms with Gasteiger partial charge in [-0.3, -0.25) is 20.5 Å². The Morgan fingerprint density at radius 3 is 2.70 bits per heavy atom. The minimum absolute atomic E-state index is 0.00228. The molecule has 3 aromatic carbocycles. The van der Waals surface area contributed by atoms with Gasteiger partial charge in [0.15, 0.2) is 28.2 Å². The monoisotopic (exact) mass is 618 g/mol. The largest absolute Gasteiger partial charge is 0.493 e. The van der Waals surface area contributed by atoms with E-state index in [0.717, 1.165) is 26.1 Å². The summed E-state index contributed by atoms with van der Waals surface area (Å²) in [6.45, 7) is 3.86. The third-order valence-electron chi connectivity index (χ3n) is 6.97. The van der Waals surface area contributed by atoms with Gasteiger partial charge < -0.3 is 24.4 Å². The van der Waals surface area contributed by atoms with E-state index in [2.05, 4.69) is 25.7 Å². The lowest BCUT2D eigenvalue weighted by Crippen LogP contribution is -2.23. The first-order chi connectivity index (χ1) is 21.4. The van der Waals surface area contributed by atoms with Crippen molar-refractivity contribution in [3.63, 3.8) is 0 Å². The maximum Gasteiger partial charge on any atom is 0.278 e. The van der Waals surface area contributed by atoms with E-state index in [9.17, 15) is 10.1 Å². The Kier molecular flexibility index (Phi) is 10.1. The van der Waals surface area contributed by atoms with Crippen LogP contribution < -0.4 is 25.0 Å². The van der Waals surface area contributed by atoms with E-state index in [0.29, 0.717) is 46.0 Å². The molecule has 44 heavy (non-hydrogen) atoms. The Bertz CT molecular complexity index is 1680. The number of halogens is 1. The van der Waals surface area contributed by atoms with Gasteiger partial charge in [0.05, 0.1) is 35.9 Å². The van der Waals surface area contributed by atoms with E-state index in [4.69, 9.17) is 26.4 Å². The van der Waals surface area contributed by atoms with E-state index in [1.165, 1.54) is 37.3 Å². The first-order valence-corrected chi connectivity index (χ1v) is 14.4. The van der Waals surface area contributed by atoms with Gasteiger partial charge in [-0.15, -0.1) is 0 Å². The van der Waals surface area contributed by atoms with Crippen LogP contribution in [-0.4, -0.2) is 59.5 Å². The van der Waals surface area contributed by atoms with Crippen molar-refractivity contribution in [2.45, 2.75) is 19.3 Å². The first-order valence-electron chi connectivity index (χ1n) is 14.0. The summed E-state index contributed by atoms with van der Waals surface area (Å²) in [5.74, 6) is 0.884. The van der Waals surface area contributed by atoms with E-state index in [-0.39, 0.29) is 16.5 Å². The highest BCUT2D eigenvalue weighted by atomic mass is 32.1. The van der Waals surface area contributed by atoms with Gasteiger partial charge in [-0.1, -0.05) is 12.1 Å². The molecule has 1 fully saturated rings. The summed E-state index contributed by atoms with van der Waals surface area (Å²) in [6, 6.07) is 15.7. The molecule has 0 aliphatic carbocycles. The molecule has 0 radical (unpaired) electrons. The standard InChI is InChI=1S/C31H31FN6O5S/c1-41-29-18-23-25(19-30(29)42-16-6-15-37-13-4-5-14-37)33-12-11-27(23)43-28-10-9-22(17-24(28)32)35-31(44)36-34-20-21-7-2-3-8-26(21)38(39)40/h2-3,7-12,17-20H,4-6,13-16H2,1H3,(H2,35,36,44)/b34-20+. The molecule has 5 rings (SSSR count). The van der Waals surface area contributed by atoms with E-state index < -0.39 is 10.7 Å². The molecule has 2 N–H and O–H groups in total. The molecule has 0 unspecified atom stereocenters. The number of para-hydroxylation sites is 1. The van der Waals surface area contributed by atoms with Crippen molar-refractivity contribution in [1.29, 1.82) is 0 Å². The molecular weight excluding hydrogens is 587 g/mol. The molecular formula is C31H31FN6O5S. The molecule has 0 saturated carbocycles. The number of pyridine rings is 1. The van der Waals surface area contributed by atoms with E-state index >= 15 is 4.39 Å². The maximum atomic E-state index is 15.1. The van der Waals surface area contributed by atoms with Crippen molar-refractivity contribution in [2.24, 2.45) is 5.10 Å². The smallest absolute Gasteiger partial charge is 0.278 e. The number of thiocarbonyl (C=S) groups is 1. The van der Waals surface area contributed by atoms with Crippen molar-refractivity contribution in [3.8, 4) is 23.0 Å². The predicted molar refractivity (Wildman–Crippen MR) is 171 cm³/mol. The number of likely N-dealkylation sites (tertiary alicyclic amines) is 1. The van der Waals surface area contributed by atoms with Crippen molar-refractivity contribution >= 4 is 45.8 Å². The van der Waals surface area contributed by atoms with Crippen LogP contribution in [0.2, 0.25) is 0 Å². The second kappa shape index (κ2) is 14.5. The van der Waals surface area contributed by atoms with E-state index in [1.54, 1.807) is 55.8 Å². The highest BCUT2D eigenvalue weighted by molar-refractivity contribution is 7.80. The number of nitro groups is 1. The van der Waals surface area contributed by atoms with Crippen LogP contribution in [0.5, 0.6) is 23.0 Å². The van der Waals surface area contributed by atoms with Crippen molar-refractivity contribution in [3.05, 3.63) is 88.4 Å². The average Bonchev–Trinajstić information content (AvgIpc) is 3.54. The summed E-state index contributed by atoms with van der Waals surface area (Å²) in [6.07, 6.45) is 6.29. The summed E-state index contributed by atoms with van der Waals surface area (Å²) in [7, 11) is 1.57. The first kappa shape index (κ1) is 30.6. The summed E-state index contributed by atoms with van der Waals surface area (Å²) in [5, 5.41) is 18.6. The summed E-state index contributed by atoms with van der Waals surface area (Å²) >= 11 is 5.21. The Morgan fingerprint density at radius 1 is 1.11 bits per heavy atom. The fraction of sp³-hybridized carbons (Fsp3) is 0.258. The van der Waals surface area contributed by atoms with Gasteiger partial charge in [0.25, 0.3) is 5.69 Å². The summed E-state index contributed by atoms with van der Waals surface area (Å²) in [5.41, 5.74) is 3.75. The Labute approximate surface area is 258 Å². The molecule has 0 spiro atoms. The quantitative estimate of drug-likeness (QED) is 0.0618. The minimum atomic E-state index is -0.629. The third-order valence-corrected chi connectivity index (χ3v) is 7.17. The number of methoxy groups -OCH3 is 1. The van der Waals surface area contributed by atoms with E-state index in [1.807, 2.05) is 0 Å². The molecule has 4 aromatic rings. The highest BCUT2D eigenvalue weighted by Crippen LogP contribution is 2.38. The van der Waals surface area contributed by atoms with Gasteiger partial charge >= 0.3 is 0 Å². The average molecular weight is 619 g/mol. The summed E-state index contributed by atoms with van der Waals surface area (Å²) in [4.78, 5) is 17.5. The maximum absolute atomic E-state index is 15.1. The number of hydrogen-bond donors (Lipinski definition) is 2. The number of anilines is 1. The predicted octanol–water partition coefficient (Wildman–Crippen LogP) is 6.27.